The molecule has 1 fully saturated rings. The minimum atomic E-state index is -3.08. The third-order valence-electron chi connectivity index (χ3n) is 3.45. The first-order chi connectivity index (χ1) is 11.4. The van der Waals surface area contributed by atoms with Crippen molar-refractivity contribution >= 4 is 38.9 Å². The highest BCUT2D eigenvalue weighted by Crippen LogP contribution is 2.10. The summed E-state index contributed by atoms with van der Waals surface area (Å²) >= 11 is 1.56. The number of carbonyl (C=O) groups excluding carboxylic acids is 3. The summed E-state index contributed by atoms with van der Waals surface area (Å²) in [6.45, 7) is -0.0351. The van der Waals surface area contributed by atoms with Crippen LogP contribution in [0.5, 0.6) is 0 Å². The standard InChI is InChI=1S/C14H19N3O5S2/c18-12(17-10-4-7-24(21,22)9-10)8-16-14(20)13(19)15-5-3-11-2-1-6-23-11/h1-2,6,10H,3-5,7-9H2,(H,15,19)(H,16,20)(H,17,18)/t10-/m0/s1. The van der Waals surface area contributed by atoms with Gasteiger partial charge in [0.1, 0.15) is 0 Å². The molecule has 0 aliphatic carbocycles. The maximum Gasteiger partial charge on any atom is 0.309 e. The molecular weight excluding hydrogens is 354 g/mol. The molecular formula is C14H19N3O5S2. The fraction of sp³-hybridized carbons (Fsp3) is 0.500. The quantitative estimate of drug-likeness (QED) is 0.542. The molecule has 8 nitrogen and oxygen atoms in total. The first-order valence-corrected chi connectivity index (χ1v) is 10.1. The first kappa shape index (κ1) is 18.4. The van der Waals surface area contributed by atoms with Gasteiger partial charge in [0.25, 0.3) is 0 Å². The van der Waals surface area contributed by atoms with Crippen molar-refractivity contribution in [3.8, 4) is 0 Å². The second-order valence-electron chi connectivity index (χ2n) is 5.44. The summed E-state index contributed by atoms with van der Waals surface area (Å²) in [5.74, 6) is -2.25. The zero-order chi connectivity index (χ0) is 17.6. The molecule has 1 aliphatic rings. The minimum absolute atomic E-state index is 0.0525. The lowest BCUT2D eigenvalue weighted by atomic mass is 10.2. The summed E-state index contributed by atoms with van der Waals surface area (Å²) in [7, 11) is -3.08. The number of sulfone groups is 1. The maximum atomic E-state index is 11.7. The lowest BCUT2D eigenvalue weighted by Crippen LogP contribution is -2.46. The van der Waals surface area contributed by atoms with E-state index in [0.29, 0.717) is 19.4 Å². The molecule has 0 unspecified atom stereocenters. The van der Waals surface area contributed by atoms with Gasteiger partial charge in [0.15, 0.2) is 9.84 Å². The molecule has 0 radical (unpaired) electrons. The van der Waals surface area contributed by atoms with Crippen LogP contribution < -0.4 is 16.0 Å². The molecule has 1 aromatic heterocycles. The molecule has 0 aromatic carbocycles. The van der Waals surface area contributed by atoms with Crippen molar-refractivity contribution in [3.05, 3.63) is 22.4 Å². The average molecular weight is 373 g/mol. The van der Waals surface area contributed by atoms with Crippen LogP contribution in [0.4, 0.5) is 0 Å². The van der Waals surface area contributed by atoms with Crippen molar-refractivity contribution in [1.82, 2.24) is 16.0 Å². The maximum absolute atomic E-state index is 11.7. The number of hydrogen-bond donors (Lipinski definition) is 3. The second-order valence-corrected chi connectivity index (χ2v) is 8.70. The average Bonchev–Trinajstić information content (AvgIpc) is 3.14. The molecule has 0 spiro atoms. The number of carbonyl (C=O) groups is 3. The van der Waals surface area contributed by atoms with Gasteiger partial charge in [0, 0.05) is 17.5 Å². The van der Waals surface area contributed by atoms with Crippen molar-refractivity contribution < 1.29 is 22.8 Å². The Morgan fingerprint density at radius 3 is 2.58 bits per heavy atom. The molecule has 1 aliphatic heterocycles. The van der Waals surface area contributed by atoms with Crippen LogP contribution in [0.2, 0.25) is 0 Å². The SMILES string of the molecule is O=C(CNC(=O)C(=O)NCCc1cccs1)N[C@H]1CCS(=O)(=O)C1. The molecule has 132 valence electrons. The van der Waals surface area contributed by atoms with E-state index in [1.807, 2.05) is 17.5 Å². The summed E-state index contributed by atoms with van der Waals surface area (Å²) in [6.07, 6.45) is 0.999. The molecule has 1 atom stereocenters. The summed E-state index contributed by atoms with van der Waals surface area (Å²) < 4.78 is 22.6. The fourth-order valence-electron chi connectivity index (χ4n) is 2.26. The van der Waals surface area contributed by atoms with E-state index >= 15 is 0 Å². The highest BCUT2D eigenvalue weighted by molar-refractivity contribution is 7.91. The summed E-state index contributed by atoms with van der Waals surface area (Å²) in [5.41, 5.74) is 0. The van der Waals surface area contributed by atoms with Crippen LogP contribution in [0, 0.1) is 0 Å². The zero-order valence-corrected chi connectivity index (χ0v) is 14.5. The van der Waals surface area contributed by atoms with E-state index < -0.39 is 33.6 Å². The molecule has 2 heterocycles. The van der Waals surface area contributed by atoms with E-state index in [2.05, 4.69) is 16.0 Å². The van der Waals surface area contributed by atoms with Crippen LogP contribution in [0.15, 0.2) is 17.5 Å². The Labute approximate surface area is 143 Å². The van der Waals surface area contributed by atoms with Gasteiger partial charge in [-0.3, -0.25) is 14.4 Å². The Bertz CT molecular complexity index is 700. The van der Waals surface area contributed by atoms with E-state index in [-0.39, 0.29) is 18.1 Å². The third kappa shape index (κ3) is 5.93. The van der Waals surface area contributed by atoms with Gasteiger partial charge in [-0.2, -0.15) is 0 Å². The Hall–Kier alpha value is -1.94. The summed E-state index contributed by atoms with van der Waals surface area (Å²) in [5, 5.41) is 9.14. The van der Waals surface area contributed by atoms with Crippen LogP contribution in [-0.2, 0) is 30.6 Å². The smallest absolute Gasteiger partial charge is 0.309 e. The summed E-state index contributed by atoms with van der Waals surface area (Å²) in [6, 6.07) is 3.41. The van der Waals surface area contributed by atoms with Crippen molar-refractivity contribution in [2.45, 2.75) is 18.9 Å². The highest BCUT2D eigenvalue weighted by atomic mass is 32.2. The Morgan fingerprint density at radius 2 is 1.96 bits per heavy atom. The number of nitrogens with one attached hydrogen (secondary N) is 3. The molecule has 24 heavy (non-hydrogen) atoms. The Kier molecular flexibility index (Phi) is 6.32. The molecule has 3 amide bonds. The molecule has 0 saturated carbocycles. The van der Waals surface area contributed by atoms with E-state index in [1.165, 1.54) is 0 Å². The van der Waals surface area contributed by atoms with Crippen LogP contribution in [-0.4, -0.2) is 56.8 Å². The van der Waals surface area contributed by atoms with Crippen molar-refractivity contribution in [1.29, 1.82) is 0 Å². The lowest BCUT2D eigenvalue weighted by Gasteiger charge is -2.11. The Morgan fingerprint density at radius 1 is 1.21 bits per heavy atom. The number of amides is 3. The molecule has 0 bridgehead atoms. The highest BCUT2D eigenvalue weighted by Gasteiger charge is 2.28. The zero-order valence-electron chi connectivity index (χ0n) is 12.9. The molecule has 2 rings (SSSR count). The van der Waals surface area contributed by atoms with Gasteiger partial charge in [0.2, 0.25) is 5.91 Å². The fourth-order valence-corrected chi connectivity index (χ4v) is 4.65. The third-order valence-corrected chi connectivity index (χ3v) is 6.15. The normalized spacial score (nSPS) is 18.8. The van der Waals surface area contributed by atoms with Crippen molar-refractivity contribution in [2.24, 2.45) is 0 Å². The van der Waals surface area contributed by atoms with Crippen molar-refractivity contribution in [2.75, 3.05) is 24.6 Å². The van der Waals surface area contributed by atoms with Crippen LogP contribution in [0.1, 0.15) is 11.3 Å². The molecule has 1 aromatic rings. The predicted octanol–water partition coefficient (Wildman–Crippen LogP) is -1.17. The number of thiophene rings is 1. The molecule has 10 heteroatoms. The van der Waals surface area contributed by atoms with E-state index in [9.17, 15) is 22.8 Å². The van der Waals surface area contributed by atoms with Gasteiger partial charge >= 0.3 is 11.8 Å². The van der Waals surface area contributed by atoms with Gasteiger partial charge in [-0.25, -0.2) is 8.42 Å². The van der Waals surface area contributed by atoms with Gasteiger partial charge in [-0.15, -0.1) is 11.3 Å². The van der Waals surface area contributed by atoms with Gasteiger partial charge in [-0.1, -0.05) is 6.07 Å². The summed E-state index contributed by atoms with van der Waals surface area (Å²) in [4.78, 5) is 35.9. The minimum Gasteiger partial charge on any atom is -0.351 e. The van der Waals surface area contributed by atoms with Gasteiger partial charge in [0.05, 0.1) is 18.1 Å². The van der Waals surface area contributed by atoms with E-state index in [1.54, 1.807) is 11.3 Å². The number of hydrogen-bond acceptors (Lipinski definition) is 6. The topological polar surface area (TPSA) is 121 Å². The lowest BCUT2D eigenvalue weighted by molar-refractivity contribution is -0.139. The van der Waals surface area contributed by atoms with Gasteiger partial charge < -0.3 is 16.0 Å². The largest absolute Gasteiger partial charge is 0.351 e. The van der Waals surface area contributed by atoms with Crippen molar-refractivity contribution in [3.63, 3.8) is 0 Å². The molecule has 1 saturated heterocycles. The Balaban J connectivity index is 1.62. The number of rotatable bonds is 6. The monoisotopic (exact) mass is 373 g/mol. The van der Waals surface area contributed by atoms with E-state index in [0.717, 1.165) is 4.88 Å². The van der Waals surface area contributed by atoms with E-state index in [4.69, 9.17) is 0 Å². The molecule has 3 N–H and O–H groups in total. The van der Waals surface area contributed by atoms with Crippen LogP contribution in [0.3, 0.4) is 0 Å². The first-order valence-electron chi connectivity index (χ1n) is 7.44. The van der Waals surface area contributed by atoms with Gasteiger partial charge in [-0.05, 0) is 24.3 Å². The predicted molar refractivity (Wildman–Crippen MR) is 89.2 cm³/mol. The van der Waals surface area contributed by atoms with Crippen LogP contribution >= 0.6 is 11.3 Å². The van der Waals surface area contributed by atoms with Crippen LogP contribution in [0.25, 0.3) is 0 Å². The second kappa shape index (κ2) is 8.25.